The number of aliphatic hydroxyl groups is 1. The molecule has 88 valence electrons. The third-order valence-corrected chi connectivity index (χ3v) is 3.05. The monoisotopic (exact) mass is 231 g/mol. The fourth-order valence-corrected chi connectivity index (χ4v) is 1.95. The molecule has 1 aliphatic rings. The van der Waals surface area contributed by atoms with Gasteiger partial charge in [0.15, 0.2) is 0 Å². The van der Waals surface area contributed by atoms with E-state index in [0.29, 0.717) is 24.6 Å². The van der Waals surface area contributed by atoms with Crippen molar-refractivity contribution in [3.63, 3.8) is 0 Å². The molecule has 5 heteroatoms. The first kappa shape index (κ1) is 10.4. The lowest BCUT2D eigenvalue weighted by atomic mass is 9.82. The van der Waals surface area contributed by atoms with Crippen LogP contribution < -0.4 is 0 Å². The largest absolute Gasteiger partial charge is 0.393 e. The summed E-state index contributed by atoms with van der Waals surface area (Å²) in [6.07, 6.45) is 2.94. The van der Waals surface area contributed by atoms with Gasteiger partial charge in [-0.25, -0.2) is 0 Å². The van der Waals surface area contributed by atoms with Gasteiger partial charge in [0.1, 0.15) is 5.69 Å². The number of nitrogens with zero attached hydrogens (tertiary/aromatic N) is 3. The van der Waals surface area contributed by atoms with Crippen LogP contribution in [-0.4, -0.2) is 26.3 Å². The zero-order valence-electron chi connectivity index (χ0n) is 9.50. The molecule has 0 spiro atoms. The molecule has 1 N–H and O–H groups in total. The molecular weight excluding hydrogens is 218 g/mol. The molecule has 0 unspecified atom stereocenters. The summed E-state index contributed by atoms with van der Waals surface area (Å²) in [5.74, 6) is 1.33. The SMILES string of the molecule is Cc1ccnc(-c2noc(C3CC(O)C3)n2)c1. The molecule has 0 amide bonds. The summed E-state index contributed by atoms with van der Waals surface area (Å²) in [7, 11) is 0. The molecule has 3 rings (SSSR count). The second kappa shape index (κ2) is 3.92. The Morgan fingerprint density at radius 3 is 2.94 bits per heavy atom. The van der Waals surface area contributed by atoms with Crippen LogP contribution >= 0.6 is 0 Å². The van der Waals surface area contributed by atoms with Gasteiger partial charge < -0.3 is 9.63 Å². The highest BCUT2D eigenvalue weighted by Crippen LogP contribution is 2.36. The predicted octanol–water partition coefficient (Wildman–Crippen LogP) is 1.68. The highest BCUT2D eigenvalue weighted by Gasteiger charge is 2.33. The Kier molecular flexibility index (Phi) is 2.40. The maximum absolute atomic E-state index is 9.24. The number of aromatic nitrogens is 3. The molecule has 5 nitrogen and oxygen atoms in total. The van der Waals surface area contributed by atoms with Crippen molar-refractivity contribution in [2.24, 2.45) is 0 Å². The van der Waals surface area contributed by atoms with E-state index in [1.165, 1.54) is 0 Å². The van der Waals surface area contributed by atoms with E-state index >= 15 is 0 Å². The van der Waals surface area contributed by atoms with Gasteiger partial charge in [0.05, 0.1) is 6.10 Å². The number of rotatable bonds is 2. The predicted molar refractivity (Wildman–Crippen MR) is 60.2 cm³/mol. The topological polar surface area (TPSA) is 72.0 Å². The molecule has 0 atom stereocenters. The van der Waals surface area contributed by atoms with Crippen LogP contribution in [0.2, 0.25) is 0 Å². The van der Waals surface area contributed by atoms with Crippen LogP contribution in [0.1, 0.15) is 30.2 Å². The van der Waals surface area contributed by atoms with Crippen LogP contribution in [0, 0.1) is 6.92 Å². The average molecular weight is 231 g/mol. The molecule has 1 fully saturated rings. The molecule has 0 aromatic carbocycles. The zero-order chi connectivity index (χ0) is 11.8. The summed E-state index contributed by atoms with van der Waals surface area (Å²) in [6, 6.07) is 3.84. The molecular formula is C12H13N3O2. The molecule has 0 aliphatic heterocycles. The number of pyridine rings is 1. The minimum atomic E-state index is -0.215. The lowest BCUT2D eigenvalue weighted by Gasteiger charge is -2.27. The van der Waals surface area contributed by atoms with E-state index in [1.54, 1.807) is 6.20 Å². The van der Waals surface area contributed by atoms with Crippen LogP contribution in [0.5, 0.6) is 0 Å². The second-order valence-electron chi connectivity index (χ2n) is 4.50. The van der Waals surface area contributed by atoms with E-state index in [4.69, 9.17) is 4.52 Å². The Morgan fingerprint density at radius 2 is 2.24 bits per heavy atom. The van der Waals surface area contributed by atoms with Gasteiger partial charge >= 0.3 is 0 Å². The third-order valence-electron chi connectivity index (χ3n) is 3.05. The van der Waals surface area contributed by atoms with E-state index in [-0.39, 0.29) is 12.0 Å². The quantitative estimate of drug-likeness (QED) is 0.851. The van der Waals surface area contributed by atoms with Crippen LogP contribution in [0.3, 0.4) is 0 Å². The molecule has 2 aromatic heterocycles. The van der Waals surface area contributed by atoms with E-state index in [1.807, 2.05) is 19.1 Å². The minimum absolute atomic E-state index is 0.205. The van der Waals surface area contributed by atoms with Crippen molar-refractivity contribution in [3.8, 4) is 11.5 Å². The van der Waals surface area contributed by atoms with E-state index in [2.05, 4.69) is 15.1 Å². The Hall–Kier alpha value is -1.75. The van der Waals surface area contributed by atoms with Gasteiger partial charge in [-0.2, -0.15) is 4.98 Å². The van der Waals surface area contributed by atoms with Crippen LogP contribution in [-0.2, 0) is 0 Å². The Balaban J connectivity index is 1.85. The summed E-state index contributed by atoms with van der Waals surface area (Å²) in [5.41, 5.74) is 1.83. The Labute approximate surface area is 98.5 Å². The van der Waals surface area contributed by atoms with Gasteiger partial charge in [0, 0.05) is 12.1 Å². The lowest BCUT2D eigenvalue weighted by molar-refractivity contribution is 0.0625. The van der Waals surface area contributed by atoms with Gasteiger partial charge in [-0.05, 0) is 37.5 Å². The smallest absolute Gasteiger partial charge is 0.230 e. The first-order valence-corrected chi connectivity index (χ1v) is 5.67. The molecule has 0 bridgehead atoms. The standard InChI is InChI=1S/C12H13N3O2/c1-7-2-3-13-10(4-7)11-14-12(17-15-11)8-5-9(16)6-8/h2-4,8-9,16H,5-6H2,1H3. The van der Waals surface area contributed by atoms with Gasteiger partial charge in [0.2, 0.25) is 11.7 Å². The highest BCUT2D eigenvalue weighted by atomic mass is 16.5. The molecule has 17 heavy (non-hydrogen) atoms. The zero-order valence-corrected chi connectivity index (χ0v) is 9.50. The maximum Gasteiger partial charge on any atom is 0.230 e. The van der Waals surface area contributed by atoms with Gasteiger partial charge in [-0.3, -0.25) is 4.98 Å². The first-order valence-electron chi connectivity index (χ1n) is 5.67. The molecule has 2 aromatic rings. The van der Waals surface area contributed by atoms with Gasteiger partial charge in [-0.15, -0.1) is 0 Å². The first-order chi connectivity index (χ1) is 8.22. The van der Waals surface area contributed by atoms with Crippen LogP contribution in [0.15, 0.2) is 22.9 Å². The van der Waals surface area contributed by atoms with Crippen molar-refractivity contribution in [1.29, 1.82) is 0 Å². The summed E-state index contributed by atoms with van der Waals surface area (Å²) in [5, 5.41) is 13.2. The number of aliphatic hydroxyl groups excluding tert-OH is 1. The molecule has 0 radical (unpaired) electrons. The van der Waals surface area contributed by atoms with Gasteiger partial charge in [0.25, 0.3) is 0 Å². The van der Waals surface area contributed by atoms with Crippen LogP contribution in [0.4, 0.5) is 0 Å². The summed E-state index contributed by atoms with van der Waals surface area (Å²) in [4.78, 5) is 8.53. The average Bonchev–Trinajstić information content (AvgIpc) is 2.74. The van der Waals surface area contributed by atoms with Crippen molar-refractivity contribution < 1.29 is 9.63 Å². The third kappa shape index (κ3) is 1.93. The fraction of sp³-hybridized carbons (Fsp3) is 0.417. The molecule has 1 aliphatic carbocycles. The highest BCUT2D eigenvalue weighted by molar-refractivity contribution is 5.49. The fourth-order valence-electron chi connectivity index (χ4n) is 1.95. The van der Waals surface area contributed by atoms with Crippen LogP contribution in [0.25, 0.3) is 11.5 Å². The summed E-state index contributed by atoms with van der Waals surface area (Å²) in [6.45, 7) is 1.99. The Morgan fingerprint density at radius 1 is 1.41 bits per heavy atom. The van der Waals surface area contributed by atoms with Crippen molar-refractivity contribution in [1.82, 2.24) is 15.1 Å². The van der Waals surface area contributed by atoms with Crippen molar-refractivity contribution in [3.05, 3.63) is 29.8 Å². The number of hydrogen-bond acceptors (Lipinski definition) is 5. The van der Waals surface area contributed by atoms with Crippen molar-refractivity contribution in [2.45, 2.75) is 31.8 Å². The maximum atomic E-state index is 9.24. The number of aryl methyl sites for hydroxylation is 1. The molecule has 1 saturated carbocycles. The lowest BCUT2D eigenvalue weighted by Crippen LogP contribution is -2.26. The molecule has 2 heterocycles. The second-order valence-corrected chi connectivity index (χ2v) is 4.50. The van der Waals surface area contributed by atoms with Crippen molar-refractivity contribution >= 4 is 0 Å². The van der Waals surface area contributed by atoms with Gasteiger partial charge in [-0.1, -0.05) is 5.16 Å². The van der Waals surface area contributed by atoms with E-state index in [9.17, 15) is 5.11 Å². The molecule has 0 saturated heterocycles. The minimum Gasteiger partial charge on any atom is -0.393 e. The van der Waals surface area contributed by atoms with Crippen molar-refractivity contribution in [2.75, 3.05) is 0 Å². The summed E-state index contributed by atoms with van der Waals surface area (Å²) >= 11 is 0. The van der Waals surface area contributed by atoms with E-state index in [0.717, 1.165) is 11.3 Å². The van der Waals surface area contributed by atoms with E-state index < -0.39 is 0 Å². The normalized spacial score (nSPS) is 23.4. The Bertz CT molecular complexity index is 532. The summed E-state index contributed by atoms with van der Waals surface area (Å²) < 4.78 is 5.20. The number of hydrogen-bond donors (Lipinski definition) is 1.